The zero-order valence-corrected chi connectivity index (χ0v) is 16.6. The second-order valence-corrected chi connectivity index (χ2v) is 6.80. The van der Waals surface area contributed by atoms with Crippen molar-refractivity contribution in [2.24, 2.45) is 5.41 Å². The lowest BCUT2D eigenvalue weighted by Crippen LogP contribution is -2.56. The number of rotatable bonds is 12. The van der Waals surface area contributed by atoms with E-state index in [1.165, 1.54) is 5.57 Å². The molecule has 0 radical (unpaired) electrons. The highest BCUT2D eigenvalue weighted by molar-refractivity contribution is 5.99. The van der Waals surface area contributed by atoms with E-state index in [1.54, 1.807) is 6.08 Å². The van der Waals surface area contributed by atoms with Crippen LogP contribution >= 0.6 is 0 Å². The molecule has 0 bridgehead atoms. The number of allylic oxidation sites excluding steroid dienone is 4. The van der Waals surface area contributed by atoms with Crippen LogP contribution in [0.1, 0.15) is 67.2 Å². The standard InChI is InChI=1S/C20H35NO4/c1-7-17(21(8-2)9-3)20(18(22)23,19(24)25)14-13-16(6)12-10-11-15(4)5/h11,13,17H,7-10,12,14H2,1-6H3,(H,22,23)(H,24,25)/b16-13+. The van der Waals surface area contributed by atoms with Gasteiger partial charge in [-0.1, -0.05) is 44.1 Å². The van der Waals surface area contributed by atoms with Gasteiger partial charge in [0, 0.05) is 6.04 Å². The lowest BCUT2D eigenvalue weighted by molar-refractivity contribution is -0.170. The molecule has 2 N–H and O–H groups in total. The van der Waals surface area contributed by atoms with Gasteiger partial charge in [-0.2, -0.15) is 0 Å². The van der Waals surface area contributed by atoms with Crippen molar-refractivity contribution in [3.8, 4) is 0 Å². The number of carboxylic acid groups (broad SMARTS) is 2. The molecule has 0 amide bonds. The van der Waals surface area contributed by atoms with Gasteiger partial charge in [-0.15, -0.1) is 0 Å². The van der Waals surface area contributed by atoms with Crippen LogP contribution in [0.3, 0.4) is 0 Å². The fourth-order valence-corrected chi connectivity index (χ4v) is 3.30. The summed E-state index contributed by atoms with van der Waals surface area (Å²) in [5.41, 5.74) is 0.447. The van der Waals surface area contributed by atoms with Crippen LogP contribution in [-0.4, -0.2) is 46.2 Å². The lowest BCUT2D eigenvalue weighted by Gasteiger charge is -2.39. The van der Waals surface area contributed by atoms with Crippen molar-refractivity contribution in [2.75, 3.05) is 13.1 Å². The Kier molecular flexibility index (Phi) is 10.4. The summed E-state index contributed by atoms with van der Waals surface area (Å²) >= 11 is 0. The molecule has 0 aliphatic carbocycles. The molecule has 144 valence electrons. The van der Waals surface area contributed by atoms with Crippen LogP contribution in [0.2, 0.25) is 0 Å². The average molecular weight is 354 g/mol. The third kappa shape index (κ3) is 6.31. The summed E-state index contributed by atoms with van der Waals surface area (Å²) in [6, 6.07) is -0.542. The van der Waals surface area contributed by atoms with Crippen molar-refractivity contribution < 1.29 is 19.8 Å². The maximum Gasteiger partial charge on any atom is 0.323 e. The summed E-state index contributed by atoms with van der Waals surface area (Å²) in [6.07, 6.45) is 6.10. The summed E-state index contributed by atoms with van der Waals surface area (Å²) < 4.78 is 0. The summed E-state index contributed by atoms with van der Waals surface area (Å²) in [5.74, 6) is -2.51. The van der Waals surface area contributed by atoms with Crippen molar-refractivity contribution in [1.82, 2.24) is 4.90 Å². The highest BCUT2D eigenvalue weighted by atomic mass is 16.4. The van der Waals surface area contributed by atoms with Crippen molar-refractivity contribution in [2.45, 2.75) is 73.3 Å². The zero-order valence-electron chi connectivity index (χ0n) is 16.6. The maximum atomic E-state index is 12.1. The lowest BCUT2D eigenvalue weighted by atomic mass is 9.74. The van der Waals surface area contributed by atoms with E-state index in [-0.39, 0.29) is 6.42 Å². The molecular weight excluding hydrogens is 318 g/mol. The van der Waals surface area contributed by atoms with Gasteiger partial charge in [-0.25, -0.2) is 0 Å². The van der Waals surface area contributed by atoms with Crippen LogP contribution in [0.5, 0.6) is 0 Å². The second kappa shape index (κ2) is 11.1. The summed E-state index contributed by atoms with van der Waals surface area (Å²) in [6.45, 7) is 13.0. The van der Waals surface area contributed by atoms with Gasteiger partial charge >= 0.3 is 11.9 Å². The van der Waals surface area contributed by atoms with Crippen molar-refractivity contribution >= 4 is 11.9 Å². The normalized spacial score (nSPS) is 13.6. The van der Waals surface area contributed by atoms with Gasteiger partial charge in [-0.05, 0) is 59.5 Å². The van der Waals surface area contributed by atoms with Crippen molar-refractivity contribution in [3.05, 3.63) is 23.3 Å². The summed E-state index contributed by atoms with van der Waals surface area (Å²) in [5, 5.41) is 19.7. The Labute approximate surface area is 152 Å². The molecule has 0 heterocycles. The van der Waals surface area contributed by atoms with Gasteiger partial charge in [-0.3, -0.25) is 14.5 Å². The Bertz CT molecular complexity index is 486. The van der Waals surface area contributed by atoms with Gasteiger partial charge in [0.05, 0.1) is 0 Å². The molecule has 0 saturated heterocycles. The molecule has 0 aliphatic rings. The molecule has 1 atom stereocenters. The van der Waals surface area contributed by atoms with Gasteiger partial charge in [0.25, 0.3) is 0 Å². The molecule has 1 unspecified atom stereocenters. The van der Waals surface area contributed by atoms with Gasteiger partial charge in [0.2, 0.25) is 0 Å². The first-order valence-corrected chi connectivity index (χ1v) is 9.17. The third-order valence-electron chi connectivity index (χ3n) is 4.84. The summed E-state index contributed by atoms with van der Waals surface area (Å²) in [7, 11) is 0. The third-order valence-corrected chi connectivity index (χ3v) is 4.84. The minimum atomic E-state index is -1.82. The first-order valence-electron chi connectivity index (χ1n) is 9.17. The first-order chi connectivity index (χ1) is 11.7. The second-order valence-electron chi connectivity index (χ2n) is 6.80. The minimum Gasteiger partial charge on any atom is -0.480 e. The number of hydrogen-bond donors (Lipinski definition) is 2. The highest BCUT2D eigenvalue weighted by Crippen LogP contribution is 2.35. The van der Waals surface area contributed by atoms with E-state index in [1.807, 2.05) is 46.4 Å². The van der Waals surface area contributed by atoms with Crippen LogP contribution < -0.4 is 0 Å². The zero-order chi connectivity index (χ0) is 19.6. The average Bonchev–Trinajstić information content (AvgIpc) is 2.53. The van der Waals surface area contributed by atoms with Gasteiger partial charge in [0.1, 0.15) is 0 Å². The molecular formula is C20H35NO4. The Balaban J connectivity index is 5.66. The number of aliphatic carboxylic acids is 2. The number of carbonyl (C=O) groups is 2. The molecule has 0 rings (SSSR count). The van der Waals surface area contributed by atoms with Crippen LogP contribution in [0.15, 0.2) is 23.3 Å². The minimum absolute atomic E-state index is 0.00727. The Hall–Kier alpha value is -1.62. The Morgan fingerprint density at radius 2 is 1.52 bits per heavy atom. The maximum absolute atomic E-state index is 12.1. The Morgan fingerprint density at radius 3 is 1.88 bits per heavy atom. The summed E-state index contributed by atoms with van der Waals surface area (Å²) in [4.78, 5) is 26.1. The molecule has 5 heteroatoms. The fourth-order valence-electron chi connectivity index (χ4n) is 3.30. The monoisotopic (exact) mass is 353 g/mol. The quantitative estimate of drug-likeness (QED) is 0.403. The first kappa shape index (κ1) is 23.4. The van der Waals surface area contributed by atoms with E-state index >= 15 is 0 Å². The van der Waals surface area contributed by atoms with Gasteiger partial charge < -0.3 is 10.2 Å². The number of nitrogens with zero attached hydrogens (tertiary/aromatic N) is 1. The Morgan fingerprint density at radius 1 is 1.00 bits per heavy atom. The van der Waals surface area contributed by atoms with Crippen LogP contribution in [0, 0.1) is 5.41 Å². The van der Waals surface area contributed by atoms with E-state index in [4.69, 9.17) is 0 Å². The predicted molar refractivity (Wildman–Crippen MR) is 102 cm³/mol. The van der Waals surface area contributed by atoms with E-state index in [0.29, 0.717) is 19.5 Å². The van der Waals surface area contributed by atoms with E-state index in [0.717, 1.165) is 18.4 Å². The van der Waals surface area contributed by atoms with Crippen LogP contribution in [0.4, 0.5) is 0 Å². The molecule has 25 heavy (non-hydrogen) atoms. The van der Waals surface area contributed by atoms with Crippen LogP contribution in [-0.2, 0) is 9.59 Å². The fraction of sp³-hybridized carbons (Fsp3) is 0.700. The molecule has 0 saturated carbocycles. The van der Waals surface area contributed by atoms with E-state index in [9.17, 15) is 19.8 Å². The highest BCUT2D eigenvalue weighted by Gasteiger charge is 2.53. The number of hydrogen-bond acceptors (Lipinski definition) is 3. The SMILES string of the molecule is CCC(N(CC)CC)C(C/C=C(\C)CCC=C(C)C)(C(=O)O)C(=O)O. The molecule has 0 aromatic rings. The van der Waals surface area contributed by atoms with Gasteiger partial charge in [0.15, 0.2) is 5.41 Å². The molecule has 0 aromatic carbocycles. The molecule has 0 fully saturated rings. The van der Waals surface area contributed by atoms with Crippen molar-refractivity contribution in [3.63, 3.8) is 0 Å². The molecule has 0 aromatic heterocycles. The van der Waals surface area contributed by atoms with E-state index < -0.39 is 23.4 Å². The smallest absolute Gasteiger partial charge is 0.323 e. The topological polar surface area (TPSA) is 77.8 Å². The predicted octanol–water partition coefficient (Wildman–Crippen LogP) is 4.35. The van der Waals surface area contributed by atoms with Crippen LogP contribution in [0.25, 0.3) is 0 Å². The van der Waals surface area contributed by atoms with Crippen molar-refractivity contribution in [1.29, 1.82) is 0 Å². The number of carboxylic acids is 2. The van der Waals surface area contributed by atoms with E-state index in [2.05, 4.69) is 6.08 Å². The molecule has 0 spiro atoms. The largest absolute Gasteiger partial charge is 0.480 e. The molecule has 0 aliphatic heterocycles. The molecule has 5 nitrogen and oxygen atoms in total.